The fourth-order valence-corrected chi connectivity index (χ4v) is 9.47. The van der Waals surface area contributed by atoms with Crippen molar-refractivity contribution in [3.8, 4) is 0 Å². The molecule has 0 amide bonds. The van der Waals surface area contributed by atoms with Gasteiger partial charge in [-0.1, -0.05) is 74.2 Å². The first kappa shape index (κ1) is 31.1. The van der Waals surface area contributed by atoms with Crippen LogP contribution < -0.4 is 0 Å². The van der Waals surface area contributed by atoms with Crippen molar-refractivity contribution in [1.82, 2.24) is 0 Å². The summed E-state index contributed by atoms with van der Waals surface area (Å²) in [4.78, 5) is 4.19. The summed E-state index contributed by atoms with van der Waals surface area (Å²) in [7, 11) is -6.38. The summed E-state index contributed by atoms with van der Waals surface area (Å²) in [6.07, 6.45) is 8.35. The van der Waals surface area contributed by atoms with Gasteiger partial charge in [-0.25, -0.2) is 8.42 Å². The number of halogens is 4. The van der Waals surface area contributed by atoms with Crippen molar-refractivity contribution >= 4 is 21.0 Å². The van der Waals surface area contributed by atoms with E-state index < -0.39 is 33.1 Å². The van der Waals surface area contributed by atoms with Crippen molar-refractivity contribution < 1.29 is 30.5 Å². The van der Waals surface area contributed by atoms with E-state index in [1.807, 2.05) is 0 Å². The Bertz CT molecular complexity index is 1370. The summed E-state index contributed by atoms with van der Waals surface area (Å²) in [5, 5.41) is -5.52. The lowest BCUT2D eigenvalue weighted by Gasteiger charge is -2.36. The second kappa shape index (κ2) is 12.7. The number of benzene rings is 3. The second-order valence-corrected chi connectivity index (χ2v) is 15.2. The van der Waals surface area contributed by atoms with Gasteiger partial charge in [-0.2, -0.15) is 17.6 Å². The van der Waals surface area contributed by atoms with E-state index in [-0.39, 0.29) is 23.2 Å². The van der Waals surface area contributed by atoms with E-state index in [0.29, 0.717) is 19.3 Å². The lowest BCUT2D eigenvalue weighted by Crippen LogP contribution is -2.52. The van der Waals surface area contributed by atoms with E-state index >= 15 is 0 Å². The first-order chi connectivity index (χ1) is 20.0. The predicted molar refractivity (Wildman–Crippen MR) is 156 cm³/mol. The van der Waals surface area contributed by atoms with E-state index in [1.165, 1.54) is 52.4 Å². The van der Waals surface area contributed by atoms with Crippen LogP contribution in [0, 0.1) is 17.8 Å². The summed E-state index contributed by atoms with van der Waals surface area (Å²) in [6.45, 7) is 0. The minimum absolute atomic E-state index is 0.0278. The number of alkyl halides is 4. The zero-order valence-electron chi connectivity index (χ0n) is 23.3. The minimum atomic E-state index is -6.35. The average Bonchev–Trinajstić information content (AvgIpc) is 3.64. The molecule has 0 aliphatic heterocycles. The highest BCUT2D eigenvalue weighted by Crippen LogP contribution is 2.58. The first-order valence-electron chi connectivity index (χ1n) is 14.6. The summed E-state index contributed by atoms with van der Waals surface area (Å²) in [5.41, 5.74) is 1.54. The molecule has 3 aliphatic rings. The van der Waals surface area contributed by atoms with Crippen LogP contribution in [0.4, 0.5) is 17.6 Å². The number of hydrogen-bond acceptors (Lipinski definition) is 3. The topological polar surface area (TPSA) is 57.2 Å². The van der Waals surface area contributed by atoms with Gasteiger partial charge in [-0.05, 0) is 91.8 Å². The number of fused-ring (bicyclic) bond motifs is 2. The molecule has 42 heavy (non-hydrogen) atoms. The third kappa shape index (κ3) is 6.43. The van der Waals surface area contributed by atoms with Gasteiger partial charge in [0.25, 0.3) is 0 Å². The van der Waals surface area contributed by atoms with Gasteiger partial charge in [0.05, 0.1) is 10.9 Å². The van der Waals surface area contributed by atoms with E-state index in [4.69, 9.17) is 0 Å². The fraction of sp³-hybridized carbons (Fsp3) is 0.455. The number of hydrogen-bond donors (Lipinski definition) is 0. The monoisotopic (exact) mass is 620 g/mol. The average molecular weight is 621 g/mol. The molecule has 3 nitrogen and oxygen atoms in total. The second-order valence-electron chi connectivity index (χ2n) is 11.7. The van der Waals surface area contributed by atoms with Crippen LogP contribution in [0.25, 0.3) is 0 Å². The van der Waals surface area contributed by atoms with Crippen LogP contribution in [0.2, 0.25) is 0 Å². The van der Waals surface area contributed by atoms with Crippen LogP contribution in [0.15, 0.2) is 99.6 Å². The van der Waals surface area contributed by atoms with Crippen LogP contribution in [-0.4, -0.2) is 24.1 Å². The van der Waals surface area contributed by atoms with E-state index in [2.05, 4.69) is 84.9 Å². The van der Waals surface area contributed by atoms with Crippen molar-refractivity contribution in [2.24, 2.45) is 17.8 Å². The molecule has 0 aromatic heterocycles. The zero-order valence-corrected chi connectivity index (χ0v) is 24.9. The molecule has 0 heterocycles. The molecule has 3 atom stereocenters. The molecule has 0 radical (unpaired) electrons. The van der Waals surface area contributed by atoms with Crippen molar-refractivity contribution in [3.05, 3.63) is 90.5 Å². The molecule has 3 aromatic carbocycles. The van der Waals surface area contributed by atoms with Gasteiger partial charge in [0.15, 0.2) is 24.8 Å². The molecular weight excluding hydrogens is 584 g/mol. The molecule has 3 unspecified atom stereocenters. The van der Waals surface area contributed by atoms with E-state index in [1.54, 1.807) is 0 Å². The Hall–Kier alpha value is -2.36. The van der Waals surface area contributed by atoms with Crippen LogP contribution in [0.5, 0.6) is 0 Å². The maximum absolute atomic E-state index is 13.5. The Morgan fingerprint density at radius 1 is 0.667 bits per heavy atom. The molecule has 0 N–H and O–H groups in total. The smallest absolute Gasteiger partial charge is 0.396 e. The summed E-state index contributed by atoms with van der Waals surface area (Å²) in [5.74, 6) is -6.32. The summed E-state index contributed by atoms with van der Waals surface area (Å²) >= 11 is 0. The Morgan fingerprint density at radius 3 is 1.64 bits per heavy atom. The quantitative estimate of drug-likeness (QED) is 0.150. The molecule has 0 saturated heterocycles. The molecular formula is C33H36F4O3S2. The van der Waals surface area contributed by atoms with Gasteiger partial charge in [0, 0.05) is 5.92 Å². The van der Waals surface area contributed by atoms with Crippen LogP contribution in [0.1, 0.15) is 69.3 Å². The van der Waals surface area contributed by atoms with Crippen molar-refractivity contribution in [3.63, 3.8) is 0 Å². The minimum Gasteiger partial charge on any atom is -0.743 e. The van der Waals surface area contributed by atoms with Gasteiger partial charge in [-0.15, -0.1) is 0 Å². The highest BCUT2D eigenvalue weighted by molar-refractivity contribution is 7.97. The van der Waals surface area contributed by atoms with Crippen LogP contribution >= 0.6 is 0 Å². The summed E-state index contributed by atoms with van der Waals surface area (Å²) in [6, 6.07) is 31.3. The fourth-order valence-electron chi connectivity index (χ4n) is 6.90. The Kier molecular flexibility index (Phi) is 9.40. The standard InChI is InChI=1S/C24H25S.C9H12F4O3S/c1-4-10-20(11-5-1)21-16-18-24(19-17-21)25(22-12-6-2-7-13-22)23-14-8-3-9-15-23;10-8(11,9(12,13)17(14,15)16)7-4-5-1-2-6(7)3-5/h2-3,6-9,12-20H,1,4-5,10-11H2;5-7H,1-4H2,(H,14,15,16)/q+1;/p-1. The van der Waals surface area contributed by atoms with Gasteiger partial charge in [-0.3, -0.25) is 0 Å². The highest BCUT2D eigenvalue weighted by atomic mass is 32.2. The third-order valence-corrected chi connectivity index (χ3v) is 12.2. The normalized spacial score (nSPS) is 23.0. The van der Waals surface area contributed by atoms with Crippen LogP contribution in [-0.2, 0) is 21.0 Å². The van der Waals surface area contributed by atoms with Gasteiger partial charge < -0.3 is 4.55 Å². The molecule has 3 aliphatic carbocycles. The summed E-state index contributed by atoms with van der Waals surface area (Å²) < 4.78 is 84.0. The Morgan fingerprint density at radius 2 is 1.19 bits per heavy atom. The van der Waals surface area contributed by atoms with E-state index in [0.717, 1.165) is 5.92 Å². The molecule has 9 heteroatoms. The third-order valence-electron chi connectivity index (χ3n) is 9.06. The maximum atomic E-state index is 13.5. The van der Waals surface area contributed by atoms with Crippen LogP contribution in [0.3, 0.4) is 0 Å². The van der Waals surface area contributed by atoms with Gasteiger partial charge >= 0.3 is 11.2 Å². The molecule has 2 bridgehead atoms. The highest BCUT2D eigenvalue weighted by Gasteiger charge is 2.68. The molecule has 3 fully saturated rings. The SMILES string of the molecule is O=S(=O)([O-])C(F)(F)C(F)(F)C1CC2CCC1C2.c1ccc([S+](c2ccccc2)c2ccc(C3CCCCC3)cc2)cc1. The first-order valence-corrected chi connectivity index (χ1v) is 17.3. The molecule has 226 valence electrons. The molecule has 0 spiro atoms. The zero-order chi connectivity index (χ0) is 30.0. The van der Waals surface area contributed by atoms with E-state index in [9.17, 15) is 30.5 Å². The van der Waals surface area contributed by atoms with Gasteiger partial charge in [0.1, 0.15) is 0 Å². The lowest BCUT2D eigenvalue weighted by atomic mass is 9.84. The van der Waals surface area contributed by atoms with Crippen molar-refractivity contribution in [1.29, 1.82) is 0 Å². The van der Waals surface area contributed by atoms with Crippen molar-refractivity contribution in [2.75, 3.05) is 0 Å². The molecule has 3 aromatic rings. The Labute approximate surface area is 248 Å². The lowest BCUT2D eigenvalue weighted by molar-refractivity contribution is -0.202. The number of rotatable bonds is 7. The molecule has 6 rings (SSSR count). The Balaban J connectivity index is 0.000000181. The predicted octanol–water partition coefficient (Wildman–Crippen LogP) is 9.03. The maximum Gasteiger partial charge on any atom is 0.396 e. The van der Waals surface area contributed by atoms with Gasteiger partial charge in [0.2, 0.25) is 0 Å². The van der Waals surface area contributed by atoms with Crippen molar-refractivity contribution in [2.45, 2.75) is 89.6 Å². The largest absolute Gasteiger partial charge is 0.743 e. The molecule has 3 saturated carbocycles.